The van der Waals surface area contributed by atoms with E-state index in [0.717, 1.165) is 31.1 Å². The van der Waals surface area contributed by atoms with Crippen molar-refractivity contribution in [1.29, 1.82) is 0 Å². The number of piperidine rings is 1. The van der Waals surface area contributed by atoms with Gasteiger partial charge in [-0.05, 0) is 79.4 Å². The van der Waals surface area contributed by atoms with Crippen molar-refractivity contribution in [2.75, 3.05) is 19.7 Å². The minimum atomic E-state index is 0.158. The third-order valence-corrected chi connectivity index (χ3v) is 6.11. The number of rotatable bonds is 7. The number of hydrogen-bond donors (Lipinski definition) is 1. The van der Waals surface area contributed by atoms with Crippen LogP contribution >= 0.6 is 11.6 Å². The van der Waals surface area contributed by atoms with E-state index in [2.05, 4.69) is 37.8 Å². The Morgan fingerprint density at radius 2 is 1.72 bits per heavy atom. The standard InChI is InChI=1S/C25H33ClNO2/c1-25(2,3)22(14-17-29-24-7-5-4-6-23(24)28)20-12-15-27(16-13-20)18-19-8-10-21(26)11-9-19/h4-11,20,28H,12-18H2,1-3H3. The maximum absolute atomic E-state index is 9.91. The fraction of sp³-hybridized carbons (Fsp3) is 0.480. The lowest BCUT2D eigenvalue weighted by Crippen LogP contribution is -2.38. The first-order chi connectivity index (χ1) is 13.8. The predicted octanol–water partition coefficient (Wildman–Crippen LogP) is 6.35. The second-order valence-corrected chi connectivity index (χ2v) is 9.45. The van der Waals surface area contributed by atoms with Crippen LogP contribution in [-0.4, -0.2) is 29.7 Å². The fourth-order valence-electron chi connectivity index (χ4n) is 4.33. The van der Waals surface area contributed by atoms with E-state index < -0.39 is 0 Å². The molecule has 0 aromatic heterocycles. The normalized spacial score (nSPS) is 16.3. The van der Waals surface area contributed by atoms with Crippen LogP contribution in [0, 0.1) is 17.3 Å². The molecule has 1 radical (unpaired) electrons. The van der Waals surface area contributed by atoms with Gasteiger partial charge in [-0.2, -0.15) is 0 Å². The number of para-hydroxylation sites is 2. The topological polar surface area (TPSA) is 32.7 Å². The zero-order valence-electron chi connectivity index (χ0n) is 17.8. The lowest BCUT2D eigenvalue weighted by atomic mass is 9.68. The SMILES string of the molecule is CC(C)(C)[C](CCOc1ccccc1O)C1CCN(Cc2ccc(Cl)cc2)CC1. The van der Waals surface area contributed by atoms with Gasteiger partial charge in [-0.3, -0.25) is 4.90 Å². The lowest BCUT2D eigenvalue weighted by Gasteiger charge is -2.41. The van der Waals surface area contributed by atoms with E-state index in [4.69, 9.17) is 16.3 Å². The highest BCUT2D eigenvalue weighted by atomic mass is 35.5. The molecule has 29 heavy (non-hydrogen) atoms. The van der Waals surface area contributed by atoms with Crippen molar-refractivity contribution in [2.24, 2.45) is 11.3 Å². The molecule has 0 unspecified atom stereocenters. The molecule has 0 amide bonds. The van der Waals surface area contributed by atoms with Gasteiger partial charge in [0.25, 0.3) is 0 Å². The summed E-state index contributed by atoms with van der Waals surface area (Å²) in [5.41, 5.74) is 1.48. The molecular weight excluding hydrogens is 382 g/mol. The average molecular weight is 415 g/mol. The predicted molar refractivity (Wildman–Crippen MR) is 120 cm³/mol. The van der Waals surface area contributed by atoms with Crippen molar-refractivity contribution in [1.82, 2.24) is 4.90 Å². The summed E-state index contributed by atoms with van der Waals surface area (Å²) in [5.74, 6) is 2.99. The molecule has 3 rings (SSSR count). The molecule has 0 aliphatic carbocycles. The van der Waals surface area contributed by atoms with Crippen LogP contribution in [0.5, 0.6) is 11.5 Å². The van der Waals surface area contributed by atoms with Crippen molar-refractivity contribution >= 4 is 11.6 Å². The van der Waals surface area contributed by atoms with Crippen LogP contribution in [0.3, 0.4) is 0 Å². The fourth-order valence-corrected chi connectivity index (χ4v) is 4.46. The van der Waals surface area contributed by atoms with E-state index in [-0.39, 0.29) is 11.2 Å². The molecule has 0 spiro atoms. The number of likely N-dealkylation sites (tertiary alicyclic amines) is 1. The minimum Gasteiger partial charge on any atom is -0.504 e. The van der Waals surface area contributed by atoms with Crippen molar-refractivity contribution < 1.29 is 9.84 Å². The van der Waals surface area contributed by atoms with Gasteiger partial charge in [0, 0.05) is 11.6 Å². The summed E-state index contributed by atoms with van der Waals surface area (Å²) in [6, 6.07) is 15.4. The molecule has 1 heterocycles. The molecule has 1 aliphatic rings. The number of benzene rings is 2. The number of ether oxygens (including phenoxy) is 1. The monoisotopic (exact) mass is 414 g/mol. The molecule has 3 nitrogen and oxygen atoms in total. The molecule has 1 saturated heterocycles. The van der Waals surface area contributed by atoms with Gasteiger partial charge in [0.1, 0.15) is 0 Å². The van der Waals surface area contributed by atoms with E-state index in [9.17, 15) is 5.11 Å². The molecule has 1 fully saturated rings. The highest BCUT2D eigenvalue weighted by Crippen LogP contribution is 2.42. The summed E-state index contributed by atoms with van der Waals surface area (Å²) in [7, 11) is 0. The molecule has 1 N–H and O–H groups in total. The molecule has 4 heteroatoms. The number of phenols is 1. The smallest absolute Gasteiger partial charge is 0.160 e. The van der Waals surface area contributed by atoms with Crippen molar-refractivity contribution in [2.45, 2.75) is 46.6 Å². The maximum Gasteiger partial charge on any atom is 0.160 e. The van der Waals surface area contributed by atoms with Crippen LogP contribution in [0.1, 0.15) is 45.6 Å². The van der Waals surface area contributed by atoms with Crippen LogP contribution < -0.4 is 4.74 Å². The lowest BCUT2D eigenvalue weighted by molar-refractivity contribution is 0.152. The van der Waals surface area contributed by atoms with Crippen molar-refractivity contribution in [3.05, 3.63) is 65.0 Å². The Bertz CT molecular complexity index is 761. The molecule has 1 aliphatic heterocycles. The summed E-state index contributed by atoms with van der Waals surface area (Å²) < 4.78 is 5.87. The van der Waals surface area contributed by atoms with Crippen LogP contribution in [0.15, 0.2) is 48.5 Å². The van der Waals surface area contributed by atoms with Crippen molar-refractivity contribution in [3.63, 3.8) is 0 Å². The third kappa shape index (κ3) is 6.38. The van der Waals surface area contributed by atoms with Gasteiger partial charge >= 0.3 is 0 Å². The van der Waals surface area contributed by atoms with E-state index >= 15 is 0 Å². The molecule has 0 atom stereocenters. The number of phenolic OH excluding ortho intramolecular Hbond substituents is 1. The van der Waals surface area contributed by atoms with Gasteiger partial charge < -0.3 is 9.84 Å². The Labute approximate surface area is 180 Å². The Balaban J connectivity index is 1.52. The summed E-state index contributed by atoms with van der Waals surface area (Å²) in [4.78, 5) is 2.54. The Morgan fingerprint density at radius 1 is 1.07 bits per heavy atom. The summed E-state index contributed by atoms with van der Waals surface area (Å²) in [5, 5.41) is 10.7. The quantitative estimate of drug-likeness (QED) is 0.573. The Kier molecular flexibility index (Phi) is 7.48. The van der Waals surface area contributed by atoms with Crippen LogP contribution in [0.4, 0.5) is 0 Å². The number of hydrogen-bond acceptors (Lipinski definition) is 3. The number of nitrogens with zero attached hydrogens (tertiary/aromatic N) is 1. The first kappa shape index (κ1) is 22.0. The summed E-state index contributed by atoms with van der Waals surface area (Å²) >= 11 is 6.00. The van der Waals surface area contributed by atoms with Gasteiger partial charge in [0.2, 0.25) is 0 Å². The average Bonchev–Trinajstić information content (AvgIpc) is 2.68. The molecule has 157 valence electrons. The minimum absolute atomic E-state index is 0.158. The van der Waals surface area contributed by atoms with Crippen LogP contribution in [-0.2, 0) is 6.54 Å². The van der Waals surface area contributed by atoms with Gasteiger partial charge in [-0.15, -0.1) is 0 Å². The number of aromatic hydroxyl groups is 1. The van der Waals surface area contributed by atoms with E-state index in [1.54, 1.807) is 12.0 Å². The van der Waals surface area contributed by atoms with Crippen molar-refractivity contribution in [3.8, 4) is 11.5 Å². The van der Waals surface area contributed by atoms with Gasteiger partial charge in [-0.1, -0.05) is 56.6 Å². The molecule has 0 bridgehead atoms. The van der Waals surface area contributed by atoms with Crippen LogP contribution in [0.2, 0.25) is 5.02 Å². The highest BCUT2D eigenvalue weighted by molar-refractivity contribution is 6.30. The maximum atomic E-state index is 9.91. The molecule has 2 aromatic rings. The zero-order valence-corrected chi connectivity index (χ0v) is 18.6. The number of halogens is 1. The van der Waals surface area contributed by atoms with E-state index in [1.807, 2.05) is 30.3 Å². The zero-order chi connectivity index (χ0) is 20.9. The largest absolute Gasteiger partial charge is 0.504 e. The Hall–Kier alpha value is -1.71. The Morgan fingerprint density at radius 3 is 2.34 bits per heavy atom. The summed E-state index contributed by atoms with van der Waals surface area (Å²) in [6.45, 7) is 10.8. The van der Waals surface area contributed by atoms with Gasteiger partial charge in [-0.25, -0.2) is 0 Å². The van der Waals surface area contributed by atoms with Gasteiger partial charge in [0.05, 0.1) is 6.61 Å². The first-order valence-electron chi connectivity index (χ1n) is 10.6. The summed E-state index contributed by atoms with van der Waals surface area (Å²) in [6.07, 6.45) is 3.31. The van der Waals surface area contributed by atoms with Gasteiger partial charge in [0.15, 0.2) is 11.5 Å². The van der Waals surface area contributed by atoms with E-state index in [1.165, 1.54) is 18.4 Å². The molecule has 2 aromatic carbocycles. The van der Waals surface area contributed by atoms with E-state index in [0.29, 0.717) is 18.3 Å². The second kappa shape index (κ2) is 9.86. The third-order valence-electron chi connectivity index (χ3n) is 5.86. The highest BCUT2D eigenvalue weighted by Gasteiger charge is 2.34. The van der Waals surface area contributed by atoms with Crippen LogP contribution in [0.25, 0.3) is 0 Å². The first-order valence-corrected chi connectivity index (χ1v) is 10.9. The second-order valence-electron chi connectivity index (χ2n) is 9.02. The molecular formula is C25H33ClNO2. The molecule has 0 saturated carbocycles.